The Morgan fingerprint density at radius 3 is 2.46 bits per heavy atom. The van der Waals surface area contributed by atoms with Gasteiger partial charge in [-0.1, -0.05) is 48.5 Å². The molecule has 0 aromatic heterocycles. The van der Waals surface area contributed by atoms with Crippen LogP contribution < -0.4 is 10.6 Å². The number of hydrogen-bond acceptors (Lipinski definition) is 3. The van der Waals surface area contributed by atoms with Crippen molar-refractivity contribution in [2.75, 3.05) is 6.54 Å². The molecule has 0 spiro atoms. The summed E-state index contributed by atoms with van der Waals surface area (Å²) in [7, 11) is 0. The summed E-state index contributed by atoms with van der Waals surface area (Å²) in [5, 5.41) is 5.14. The average Bonchev–Trinajstić information content (AvgIpc) is 2.85. The Balaban J connectivity index is 1.69. The van der Waals surface area contributed by atoms with Gasteiger partial charge in [0.1, 0.15) is 17.9 Å². The predicted molar refractivity (Wildman–Crippen MR) is 92.3 cm³/mol. The summed E-state index contributed by atoms with van der Waals surface area (Å²) in [5.41, 5.74) is -0.581. The minimum Gasteiger partial charge on any atom is -0.350 e. The molecule has 1 fully saturated rings. The molecule has 1 unspecified atom stereocenters. The molecule has 2 N–H and O–H groups in total. The lowest BCUT2D eigenvalue weighted by Gasteiger charge is -2.22. The van der Waals surface area contributed by atoms with Gasteiger partial charge in [-0.15, -0.1) is 0 Å². The van der Waals surface area contributed by atoms with Crippen LogP contribution in [-0.4, -0.2) is 29.3 Å². The first-order valence-electron chi connectivity index (χ1n) is 8.11. The number of nitrogens with one attached hydrogen (secondary N) is 2. The molecule has 7 heteroatoms. The van der Waals surface area contributed by atoms with E-state index in [0.29, 0.717) is 0 Å². The van der Waals surface area contributed by atoms with Crippen LogP contribution in [0.2, 0.25) is 0 Å². The molecule has 1 saturated heterocycles. The van der Waals surface area contributed by atoms with Gasteiger partial charge in [0, 0.05) is 12.1 Å². The van der Waals surface area contributed by atoms with E-state index in [1.54, 1.807) is 6.07 Å². The number of halogens is 1. The quantitative estimate of drug-likeness (QED) is 0.804. The smallest absolute Gasteiger partial charge is 0.325 e. The van der Waals surface area contributed by atoms with Crippen LogP contribution in [0.15, 0.2) is 54.6 Å². The molecule has 1 aliphatic rings. The van der Waals surface area contributed by atoms with Gasteiger partial charge in [0.15, 0.2) is 0 Å². The number of amides is 4. The molecule has 1 heterocycles. The van der Waals surface area contributed by atoms with Crippen LogP contribution in [0, 0.1) is 5.82 Å². The van der Waals surface area contributed by atoms with Crippen LogP contribution in [0.25, 0.3) is 0 Å². The van der Waals surface area contributed by atoms with Crippen LogP contribution in [0.3, 0.4) is 0 Å². The Bertz CT molecular complexity index is 856. The van der Waals surface area contributed by atoms with Crippen molar-refractivity contribution in [2.24, 2.45) is 0 Å². The minimum atomic E-state index is -1.54. The summed E-state index contributed by atoms with van der Waals surface area (Å²) in [6.07, 6.45) is 0. The van der Waals surface area contributed by atoms with Crippen molar-refractivity contribution in [1.82, 2.24) is 15.5 Å². The van der Waals surface area contributed by atoms with E-state index in [-0.39, 0.29) is 12.1 Å². The van der Waals surface area contributed by atoms with Crippen molar-refractivity contribution >= 4 is 17.8 Å². The fourth-order valence-electron chi connectivity index (χ4n) is 2.89. The molecule has 134 valence electrons. The van der Waals surface area contributed by atoms with E-state index in [9.17, 15) is 18.8 Å². The molecule has 2 aromatic rings. The summed E-state index contributed by atoms with van der Waals surface area (Å²) < 4.78 is 14.1. The number of imide groups is 1. The fraction of sp³-hybridized carbons (Fsp3) is 0.211. The highest BCUT2D eigenvalue weighted by molar-refractivity contribution is 6.09. The van der Waals surface area contributed by atoms with Crippen molar-refractivity contribution in [2.45, 2.75) is 19.0 Å². The zero-order valence-corrected chi connectivity index (χ0v) is 14.2. The molecule has 2 aromatic carbocycles. The van der Waals surface area contributed by atoms with E-state index in [0.717, 1.165) is 10.5 Å². The van der Waals surface area contributed by atoms with Gasteiger partial charge < -0.3 is 10.6 Å². The van der Waals surface area contributed by atoms with E-state index in [1.165, 1.54) is 25.1 Å². The van der Waals surface area contributed by atoms with Crippen LogP contribution in [0.1, 0.15) is 18.1 Å². The maximum atomic E-state index is 14.1. The third-order valence-electron chi connectivity index (χ3n) is 4.32. The highest BCUT2D eigenvalue weighted by atomic mass is 19.1. The fourth-order valence-corrected chi connectivity index (χ4v) is 2.89. The Kier molecular flexibility index (Phi) is 4.71. The Morgan fingerprint density at radius 1 is 1.12 bits per heavy atom. The van der Waals surface area contributed by atoms with Crippen molar-refractivity contribution in [3.63, 3.8) is 0 Å². The highest BCUT2D eigenvalue weighted by Crippen LogP contribution is 2.30. The number of urea groups is 1. The summed E-state index contributed by atoms with van der Waals surface area (Å²) >= 11 is 0. The van der Waals surface area contributed by atoms with Gasteiger partial charge in [0.25, 0.3) is 5.91 Å². The van der Waals surface area contributed by atoms with Gasteiger partial charge in [-0.05, 0) is 18.6 Å². The molecular weight excluding hydrogens is 337 g/mol. The summed E-state index contributed by atoms with van der Waals surface area (Å²) in [4.78, 5) is 37.8. The number of benzene rings is 2. The molecule has 6 nitrogen and oxygen atoms in total. The molecule has 3 rings (SSSR count). The normalized spacial score (nSPS) is 19.4. The molecule has 0 radical (unpaired) electrons. The first-order chi connectivity index (χ1) is 12.4. The van der Waals surface area contributed by atoms with Crippen molar-refractivity contribution in [3.05, 3.63) is 71.5 Å². The third-order valence-corrected chi connectivity index (χ3v) is 4.32. The first kappa shape index (κ1) is 17.6. The van der Waals surface area contributed by atoms with E-state index >= 15 is 0 Å². The standard InChI is InChI=1S/C19H18FN3O3/c1-19(14-9-5-6-10-15(14)20)17(25)23(18(26)22-19)12-16(24)21-11-13-7-3-2-4-8-13/h2-10H,11-12H2,1H3,(H,21,24)(H,22,26). The molecule has 0 bridgehead atoms. The second-order valence-corrected chi connectivity index (χ2v) is 6.19. The second-order valence-electron chi connectivity index (χ2n) is 6.19. The summed E-state index contributed by atoms with van der Waals surface area (Å²) in [5.74, 6) is -1.74. The SMILES string of the molecule is CC1(c2ccccc2F)NC(=O)N(CC(=O)NCc2ccccc2)C1=O. The van der Waals surface area contributed by atoms with Crippen LogP contribution in [0.5, 0.6) is 0 Å². The number of hydrogen-bond donors (Lipinski definition) is 2. The minimum absolute atomic E-state index is 0.0607. The molecule has 4 amide bonds. The van der Waals surface area contributed by atoms with Gasteiger partial charge in [0.2, 0.25) is 5.91 Å². The van der Waals surface area contributed by atoms with Gasteiger partial charge >= 0.3 is 6.03 Å². The number of carbonyl (C=O) groups excluding carboxylic acids is 3. The molecular formula is C19H18FN3O3. The van der Waals surface area contributed by atoms with E-state index < -0.39 is 35.7 Å². The Hall–Kier alpha value is -3.22. The van der Waals surface area contributed by atoms with Crippen LogP contribution >= 0.6 is 0 Å². The summed E-state index contributed by atoms with van der Waals surface area (Å²) in [6, 6.07) is 14.3. The van der Waals surface area contributed by atoms with Gasteiger partial charge in [-0.2, -0.15) is 0 Å². The maximum Gasteiger partial charge on any atom is 0.325 e. The number of rotatable bonds is 5. The zero-order valence-electron chi connectivity index (χ0n) is 14.2. The summed E-state index contributed by atoms with van der Waals surface area (Å²) in [6.45, 7) is 1.28. The molecule has 0 aliphatic carbocycles. The van der Waals surface area contributed by atoms with E-state index in [1.807, 2.05) is 30.3 Å². The lowest BCUT2D eigenvalue weighted by atomic mass is 9.91. The van der Waals surface area contributed by atoms with Crippen LogP contribution in [0.4, 0.5) is 9.18 Å². The lowest BCUT2D eigenvalue weighted by molar-refractivity contribution is -0.134. The zero-order chi connectivity index (χ0) is 18.7. The highest BCUT2D eigenvalue weighted by Gasteiger charge is 2.50. The van der Waals surface area contributed by atoms with E-state index in [4.69, 9.17) is 0 Å². The molecule has 26 heavy (non-hydrogen) atoms. The van der Waals surface area contributed by atoms with Gasteiger partial charge in [0.05, 0.1) is 0 Å². The second kappa shape index (κ2) is 6.95. The largest absolute Gasteiger partial charge is 0.350 e. The first-order valence-corrected chi connectivity index (χ1v) is 8.11. The van der Waals surface area contributed by atoms with Crippen molar-refractivity contribution in [3.8, 4) is 0 Å². The predicted octanol–water partition coefficient (Wildman–Crippen LogP) is 1.91. The Morgan fingerprint density at radius 2 is 1.77 bits per heavy atom. The molecule has 1 aliphatic heterocycles. The molecule has 0 saturated carbocycles. The van der Waals surface area contributed by atoms with Crippen molar-refractivity contribution < 1.29 is 18.8 Å². The van der Waals surface area contributed by atoms with Crippen LogP contribution in [-0.2, 0) is 21.7 Å². The monoisotopic (exact) mass is 355 g/mol. The average molecular weight is 355 g/mol. The lowest BCUT2D eigenvalue weighted by Crippen LogP contribution is -2.43. The third kappa shape index (κ3) is 3.28. The Labute approximate surface area is 150 Å². The number of carbonyl (C=O) groups is 3. The maximum absolute atomic E-state index is 14.1. The van der Waals surface area contributed by atoms with Gasteiger partial charge in [-0.3, -0.25) is 14.5 Å². The molecule has 1 atom stereocenters. The van der Waals surface area contributed by atoms with Crippen molar-refractivity contribution in [1.29, 1.82) is 0 Å². The van der Waals surface area contributed by atoms with E-state index in [2.05, 4.69) is 10.6 Å². The topological polar surface area (TPSA) is 78.5 Å². The number of nitrogens with zero attached hydrogens (tertiary/aromatic N) is 1. The van der Waals surface area contributed by atoms with Gasteiger partial charge in [-0.25, -0.2) is 9.18 Å².